The quantitative estimate of drug-likeness (QED) is 0.0153. The van der Waals surface area contributed by atoms with Crippen molar-refractivity contribution < 1.29 is 100 Å². The number of hydrogen-bond acceptors (Lipinski definition) is 31. The number of aryl methyl sites for hydroxylation is 1. The minimum atomic E-state index is -3.86. The number of nitrogens with zero attached hydrogens (tertiary/aromatic N) is 11. The summed E-state index contributed by atoms with van der Waals surface area (Å²) >= 11 is 0. The van der Waals surface area contributed by atoms with Crippen LogP contribution in [0.2, 0.25) is 0 Å². The molecule has 3 aromatic heterocycles. The highest BCUT2D eigenvalue weighted by molar-refractivity contribution is 7.91. The third-order valence-electron chi connectivity index (χ3n) is 26.7. The number of carbonyl (C=O) groups is 9. The number of nitrogens with two attached hydrogens (primary N) is 2. The summed E-state index contributed by atoms with van der Waals surface area (Å²) in [4.78, 5) is 159. The first-order chi connectivity index (χ1) is 64.2. The fourth-order valence-electron chi connectivity index (χ4n) is 18.4. The van der Waals surface area contributed by atoms with Crippen molar-refractivity contribution in [1.82, 2.24) is 55.2 Å². The molecule has 4 saturated heterocycles. The van der Waals surface area contributed by atoms with E-state index in [0.717, 1.165) is 27.2 Å². The van der Waals surface area contributed by atoms with Crippen LogP contribution in [0.5, 0.6) is 5.75 Å². The molecule has 37 heteroatoms. The number of aliphatic hydroxyl groups is 3. The lowest BCUT2D eigenvalue weighted by atomic mass is 9.80. The van der Waals surface area contributed by atoms with E-state index in [1.165, 1.54) is 50.7 Å². The molecule has 5 fully saturated rings. The van der Waals surface area contributed by atoms with Gasteiger partial charge in [0.2, 0.25) is 23.6 Å². The molecule has 2 aromatic carbocycles. The number of carbonyl (C=O) groups excluding carboxylic acids is 9. The number of aromatic nitrogens is 5. The van der Waals surface area contributed by atoms with Crippen molar-refractivity contribution in [1.29, 1.82) is 0 Å². The van der Waals surface area contributed by atoms with Crippen LogP contribution in [0.25, 0.3) is 11.1 Å². The molecule has 0 spiro atoms. The maximum absolute atomic E-state index is 14.7. The van der Waals surface area contributed by atoms with E-state index < -0.39 is 136 Å². The Labute approximate surface area is 783 Å². The first kappa shape index (κ1) is 102. The number of benzene rings is 2. The second kappa shape index (κ2) is 47.5. The number of sulfone groups is 1. The van der Waals surface area contributed by atoms with Gasteiger partial charge in [0.25, 0.3) is 23.5 Å². The van der Waals surface area contributed by atoms with Gasteiger partial charge in [-0.3, -0.25) is 38.5 Å². The largest absolute Gasteiger partial charge is 0.491 e. The molecule has 15 atom stereocenters. The maximum Gasteiger partial charge on any atom is 0.407 e. The molecule has 9 heterocycles. The molecule has 0 unspecified atom stereocenters. The SMILES string of the molecule is CO[C@H]1C[C@@H]2CC[C@@H](C)[C@@](O)(O2)C(=O)C(=O)N2CCCC[C@H]2C(=O)O[C@H]([C@H](N)C[C@@H]2CC[C@@H](OC(=O)NCc3cnc(N4CCN(C(=O)CCOCCN5CCN(c6ncc(C(=O)NCCS(=O)(=O)c7ccc(C(=O)N8CCOc9ccc(-c%10ccc(N)nc%10)cc9C8)c(C)c7)cn6)CC5)CC4)nc3)[C@H](OC)C2)CC(=O)[C@H](C)/C=C(\C)[C@@H](O)[C@@H](O)C(=O)[C@H](C)C[C@H](C)/C=C/C=C/C=C/1C. The van der Waals surface area contributed by atoms with E-state index in [0.29, 0.717) is 164 Å². The third-order valence-corrected chi connectivity index (χ3v) is 28.4. The predicted molar refractivity (Wildman–Crippen MR) is 497 cm³/mol. The first-order valence-corrected chi connectivity index (χ1v) is 48.3. The zero-order valence-corrected chi connectivity index (χ0v) is 79.0. The van der Waals surface area contributed by atoms with E-state index in [4.69, 9.17) is 44.6 Å². The topological polar surface area (TPSA) is 473 Å². The summed E-state index contributed by atoms with van der Waals surface area (Å²) in [5.41, 5.74) is 18.1. The molecule has 134 heavy (non-hydrogen) atoms. The molecule has 6 aliphatic heterocycles. The van der Waals surface area contributed by atoms with Crippen LogP contribution in [0, 0.1) is 36.5 Å². The second-order valence-electron chi connectivity index (χ2n) is 36.4. The van der Waals surface area contributed by atoms with Crippen LogP contribution < -0.4 is 36.6 Å². The predicted octanol–water partition coefficient (Wildman–Crippen LogP) is 6.80. The van der Waals surface area contributed by atoms with E-state index in [2.05, 4.69) is 40.5 Å². The van der Waals surface area contributed by atoms with Gasteiger partial charge in [0.15, 0.2) is 15.6 Å². The number of nitrogen functional groups attached to an aromatic ring is 1. The molecule has 5 aromatic rings. The van der Waals surface area contributed by atoms with E-state index in [-0.39, 0.29) is 111 Å². The van der Waals surface area contributed by atoms with Gasteiger partial charge in [0, 0.05) is 189 Å². The molecular weight excluding hydrogens is 1740 g/mol. The van der Waals surface area contributed by atoms with Crippen LogP contribution in [0.15, 0.2) is 132 Å². The summed E-state index contributed by atoms with van der Waals surface area (Å²) in [6.07, 6.45) is 14.3. The number of cyclic esters (lactones) is 1. The number of aliphatic hydroxyl groups excluding tert-OH is 2. The lowest BCUT2D eigenvalue weighted by molar-refractivity contribution is -0.265. The molecule has 9 N–H and O–H groups in total. The van der Waals surface area contributed by atoms with E-state index >= 15 is 0 Å². The zero-order valence-electron chi connectivity index (χ0n) is 78.1. The van der Waals surface area contributed by atoms with Gasteiger partial charge in [-0.15, -0.1) is 0 Å². The van der Waals surface area contributed by atoms with Crippen LogP contribution in [0.3, 0.4) is 0 Å². The van der Waals surface area contributed by atoms with Crippen LogP contribution in [-0.4, -0.2) is 300 Å². The number of piperidine rings is 1. The number of nitrogens with one attached hydrogen (secondary N) is 2. The average molecular weight is 1880 g/mol. The Balaban J connectivity index is 0.545. The van der Waals surface area contributed by atoms with Gasteiger partial charge in [-0.25, -0.2) is 42.9 Å². The minimum absolute atomic E-state index is 0.0149. The van der Waals surface area contributed by atoms with Crippen molar-refractivity contribution in [3.63, 3.8) is 0 Å². The fourth-order valence-corrected chi connectivity index (χ4v) is 19.6. The molecule has 2 bridgehead atoms. The van der Waals surface area contributed by atoms with Gasteiger partial charge in [0.05, 0.1) is 60.7 Å². The number of pyridine rings is 1. The minimum Gasteiger partial charge on any atom is -0.491 e. The highest BCUT2D eigenvalue weighted by Gasteiger charge is 2.53. The number of Topliss-reactive ketones (excluding diaryl/α,β-unsaturated/α-hetero) is 3. The van der Waals surface area contributed by atoms with Crippen LogP contribution in [0.1, 0.15) is 162 Å². The van der Waals surface area contributed by atoms with Crippen molar-refractivity contribution in [3.8, 4) is 16.9 Å². The fraction of sp³-hybridized carbons (Fsp3) is 0.567. The lowest BCUT2D eigenvalue weighted by Crippen LogP contribution is -2.61. The number of rotatable bonds is 23. The summed E-state index contributed by atoms with van der Waals surface area (Å²) in [6, 6.07) is 11.5. The van der Waals surface area contributed by atoms with Crippen molar-refractivity contribution in [3.05, 3.63) is 155 Å². The summed E-state index contributed by atoms with van der Waals surface area (Å²) in [5, 5.41) is 40.2. The monoisotopic (exact) mass is 1870 g/mol. The number of piperazine rings is 2. The molecule has 7 aliphatic rings. The van der Waals surface area contributed by atoms with Gasteiger partial charge in [-0.1, -0.05) is 70.2 Å². The number of alkyl carbamates (subject to hydrolysis) is 1. The molecule has 1 saturated carbocycles. The molecule has 5 amide bonds. The van der Waals surface area contributed by atoms with Crippen LogP contribution >= 0.6 is 0 Å². The lowest BCUT2D eigenvalue weighted by Gasteiger charge is -2.42. The number of methoxy groups -OCH3 is 2. The number of esters is 1. The van der Waals surface area contributed by atoms with E-state index in [1.807, 2.05) is 78.3 Å². The van der Waals surface area contributed by atoms with Gasteiger partial charge < -0.3 is 95.1 Å². The smallest absolute Gasteiger partial charge is 0.407 e. The Kier molecular flexibility index (Phi) is 36.2. The third kappa shape index (κ3) is 26.9. The highest BCUT2D eigenvalue weighted by atomic mass is 32.2. The number of fused-ring (bicyclic) bond motifs is 4. The summed E-state index contributed by atoms with van der Waals surface area (Å²) in [6.45, 7) is 18.6. The number of allylic oxidation sites excluding steroid dienone is 6. The van der Waals surface area contributed by atoms with Crippen LogP contribution in [0.4, 0.5) is 22.5 Å². The first-order valence-electron chi connectivity index (χ1n) is 46.6. The van der Waals surface area contributed by atoms with E-state index in [9.17, 15) is 66.9 Å². The van der Waals surface area contributed by atoms with Crippen LogP contribution in [-0.2, 0) is 80.1 Å². The van der Waals surface area contributed by atoms with Gasteiger partial charge in [0.1, 0.15) is 54.4 Å². The van der Waals surface area contributed by atoms with Crippen molar-refractivity contribution in [2.45, 2.75) is 211 Å². The Bertz CT molecular complexity index is 5170. The number of ether oxygens (including phenoxy) is 7. The number of hydrogen-bond donors (Lipinski definition) is 7. The summed E-state index contributed by atoms with van der Waals surface area (Å²) in [7, 11) is -0.815. The zero-order chi connectivity index (χ0) is 96.1. The Morgan fingerprint density at radius 3 is 2.13 bits per heavy atom. The number of anilines is 3. The number of amides is 5. The Morgan fingerprint density at radius 2 is 1.43 bits per heavy atom. The summed E-state index contributed by atoms with van der Waals surface area (Å²) in [5.74, 6) is -8.63. The average Bonchev–Trinajstić information content (AvgIpc) is 0.814. The maximum atomic E-state index is 14.7. The second-order valence-corrected chi connectivity index (χ2v) is 38.5. The van der Waals surface area contributed by atoms with Gasteiger partial charge >= 0.3 is 12.1 Å². The molecular formula is C97H131N15O21S. The molecule has 12 rings (SSSR count). The van der Waals surface area contributed by atoms with Gasteiger partial charge in [-0.05, 0) is 162 Å². The normalized spacial score (nSPS) is 27.7. The van der Waals surface area contributed by atoms with Crippen molar-refractivity contribution in [2.75, 3.05) is 134 Å². The Morgan fingerprint density at radius 1 is 0.709 bits per heavy atom. The highest BCUT2D eigenvalue weighted by Crippen LogP contribution is 2.39. The van der Waals surface area contributed by atoms with E-state index in [1.54, 1.807) is 69.3 Å². The molecule has 1 aliphatic carbocycles. The Hall–Kier alpha value is -10.9. The van der Waals surface area contributed by atoms with Crippen molar-refractivity contribution in [2.24, 2.45) is 35.3 Å². The molecule has 0 radical (unpaired) electrons. The number of ketones is 3. The summed E-state index contributed by atoms with van der Waals surface area (Å²) < 4.78 is 69.2. The molecule has 726 valence electrons. The van der Waals surface area contributed by atoms with Crippen molar-refractivity contribution >= 4 is 80.6 Å². The standard InChI is InChI=1S/C97H131N15O21S/c1-60-15-11-10-12-16-61(2)81(127-8)51-73-22-18-66(7)97(124,133-73)89(118)92(121)112-30-14-13-17-77(112)93(122)131-82(52-78(113)63(4)46-65(6)87(116)88(117)86(115)64(5)45-60)76(98)48-67-19-25-80(83(49-67)128-9)132-96(123)106-55-68-53-102-94(103-54-68)110-37-35-108(36-38-110)85(114)28-41-129-42-39-107-31-33-109(34-32-107)95-104-57-72(58-105-95)90(119)100-29-44-134(125,126)74-23-24-75(62(3)47-74)91(120)111-40-43-130-79-26-20-69(50-71(79)59-111)70-21-27-84(99)101-56-70/h10-12,15-16,20-21,23-24,26-27,46-47,50,53-54,56-58,60,63-64,66-67,73,76-77,80-83,87-88,116-117,124H,13-14,17-19,22,25,28-45,48-49,51-52,55,59,98H2,1-9H3,(H2,99,101)(H,100,119)(H,106,123)/b12-10+,15-11+,61-16+,65-46+/t60-,63-,64-,66-,67+,73+,76-,77+,80-,81+,82+,83-,87-,88+,97-/m1/s1. The molecule has 36 nitrogen and oxygen atoms in total. The van der Waals surface area contributed by atoms with Gasteiger partial charge in [-0.2, -0.15) is 0 Å².